The van der Waals surface area contributed by atoms with Crippen LogP contribution in [0.1, 0.15) is 44.9 Å². The Bertz CT molecular complexity index is 510. The van der Waals surface area contributed by atoms with Crippen LogP contribution in [-0.2, 0) is 4.79 Å². The Morgan fingerprint density at radius 1 is 1.09 bits per heavy atom. The zero-order valence-electron chi connectivity index (χ0n) is 12.9. The van der Waals surface area contributed by atoms with Crippen LogP contribution in [0.4, 0.5) is 5.95 Å². The molecule has 4 fully saturated rings. The van der Waals surface area contributed by atoms with Crippen LogP contribution < -0.4 is 10.6 Å². The number of amides is 1. The summed E-state index contributed by atoms with van der Waals surface area (Å²) in [6, 6.07) is 1.78. The van der Waals surface area contributed by atoms with Crippen LogP contribution >= 0.6 is 0 Å². The molecule has 118 valence electrons. The predicted octanol–water partition coefficient (Wildman–Crippen LogP) is 2.36. The number of carbonyl (C=O) groups is 1. The van der Waals surface area contributed by atoms with Gasteiger partial charge in [-0.2, -0.15) is 0 Å². The van der Waals surface area contributed by atoms with Crippen LogP contribution in [0.3, 0.4) is 0 Å². The third-order valence-corrected chi connectivity index (χ3v) is 5.64. The first-order valence-electron chi connectivity index (χ1n) is 8.53. The average molecular weight is 300 g/mol. The minimum atomic E-state index is 0.120. The highest BCUT2D eigenvalue weighted by molar-refractivity contribution is 5.77. The maximum atomic E-state index is 12.3. The van der Waals surface area contributed by atoms with Crippen molar-refractivity contribution in [3.05, 3.63) is 18.5 Å². The largest absolute Gasteiger partial charge is 0.354 e. The van der Waals surface area contributed by atoms with Gasteiger partial charge in [-0.1, -0.05) is 0 Å². The molecule has 1 amide bonds. The summed E-state index contributed by atoms with van der Waals surface area (Å²) in [4.78, 5) is 20.5. The molecule has 1 aromatic heterocycles. The Labute approximate surface area is 131 Å². The van der Waals surface area contributed by atoms with E-state index in [1.807, 2.05) is 0 Å². The molecule has 5 heteroatoms. The highest BCUT2D eigenvalue weighted by Crippen LogP contribution is 2.55. The minimum Gasteiger partial charge on any atom is -0.354 e. The number of hydrogen-bond donors (Lipinski definition) is 2. The van der Waals surface area contributed by atoms with Crippen molar-refractivity contribution in [3.8, 4) is 0 Å². The molecule has 1 aromatic rings. The maximum Gasteiger partial charge on any atom is 0.222 e. The molecule has 0 radical (unpaired) electrons. The molecule has 0 atom stereocenters. The monoisotopic (exact) mass is 300 g/mol. The quantitative estimate of drug-likeness (QED) is 0.876. The summed E-state index contributed by atoms with van der Waals surface area (Å²) in [7, 11) is 0. The second-order valence-corrected chi connectivity index (χ2v) is 7.50. The van der Waals surface area contributed by atoms with E-state index in [1.54, 1.807) is 18.5 Å². The number of nitrogens with zero attached hydrogens (tertiary/aromatic N) is 2. The average Bonchev–Trinajstić information content (AvgIpc) is 2.46. The molecule has 0 aromatic carbocycles. The van der Waals surface area contributed by atoms with Crippen molar-refractivity contribution in [2.24, 2.45) is 17.8 Å². The molecule has 5 nitrogen and oxygen atoms in total. The fraction of sp³-hybridized carbons (Fsp3) is 0.706. The SMILES string of the molecule is O=C(CCNc1ncccn1)NC12CC3CC(CC(C3)C1)C2. The van der Waals surface area contributed by atoms with Crippen LogP contribution in [0.15, 0.2) is 18.5 Å². The van der Waals surface area contributed by atoms with Crippen LogP contribution in [0.2, 0.25) is 0 Å². The van der Waals surface area contributed by atoms with Crippen molar-refractivity contribution in [1.82, 2.24) is 15.3 Å². The van der Waals surface area contributed by atoms with E-state index in [0.717, 1.165) is 17.8 Å². The van der Waals surface area contributed by atoms with Crippen LogP contribution in [-0.4, -0.2) is 28.0 Å². The lowest BCUT2D eigenvalue weighted by atomic mass is 9.53. The van der Waals surface area contributed by atoms with Gasteiger partial charge in [-0.05, 0) is 62.3 Å². The van der Waals surface area contributed by atoms with Crippen molar-refractivity contribution in [3.63, 3.8) is 0 Å². The number of nitrogens with one attached hydrogen (secondary N) is 2. The van der Waals surface area contributed by atoms with E-state index in [2.05, 4.69) is 20.6 Å². The molecule has 0 unspecified atom stereocenters. The summed E-state index contributed by atoms with van der Waals surface area (Å²) in [5.41, 5.74) is 0.120. The van der Waals surface area contributed by atoms with E-state index in [4.69, 9.17) is 0 Å². The molecular formula is C17H24N4O. The van der Waals surface area contributed by atoms with Gasteiger partial charge in [-0.3, -0.25) is 4.79 Å². The van der Waals surface area contributed by atoms with Gasteiger partial charge >= 0.3 is 0 Å². The lowest BCUT2D eigenvalue weighted by Crippen LogP contribution is -2.59. The number of hydrogen-bond acceptors (Lipinski definition) is 4. The molecular weight excluding hydrogens is 276 g/mol. The molecule has 0 spiro atoms. The summed E-state index contributed by atoms with van der Waals surface area (Å²) in [5, 5.41) is 6.49. The van der Waals surface area contributed by atoms with E-state index in [-0.39, 0.29) is 11.4 Å². The van der Waals surface area contributed by atoms with Gasteiger partial charge in [-0.15, -0.1) is 0 Å². The fourth-order valence-corrected chi connectivity index (χ4v) is 5.30. The van der Waals surface area contributed by atoms with Crippen LogP contribution in [0.25, 0.3) is 0 Å². The molecule has 0 aliphatic heterocycles. The molecule has 1 heterocycles. The van der Waals surface area contributed by atoms with Crippen LogP contribution in [0, 0.1) is 17.8 Å². The lowest BCUT2D eigenvalue weighted by Gasteiger charge is -2.56. The van der Waals surface area contributed by atoms with E-state index >= 15 is 0 Å². The molecule has 4 aliphatic rings. The van der Waals surface area contributed by atoms with Crippen molar-refractivity contribution < 1.29 is 4.79 Å². The molecule has 22 heavy (non-hydrogen) atoms. The van der Waals surface area contributed by atoms with Crippen molar-refractivity contribution >= 4 is 11.9 Å². The Morgan fingerprint density at radius 3 is 2.27 bits per heavy atom. The summed E-state index contributed by atoms with van der Waals surface area (Å²) in [6.45, 7) is 0.586. The van der Waals surface area contributed by atoms with Crippen molar-refractivity contribution in [2.45, 2.75) is 50.5 Å². The second kappa shape index (κ2) is 5.52. The van der Waals surface area contributed by atoms with E-state index in [9.17, 15) is 4.79 Å². The second-order valence-electron chi connectivity index (χ2n) is 7.50. The number of anilines is 1. The Hall–Kier alpha value is -1.65. The van der Waals surface area contributed by atoms with Gasteiger partial charge in [0.2, 0.25) is 11.9 Å². The first-order chi connectivity index (χ1) is 10.7. The van der Waals surface area contributed by atoms with E-state index in [1.165, 1.54) is 38.5 Å². The summed E-state index contributed by atoms with van der Waals surface area (Å²) in [5.74, 6) is 3.35. The summed E-state index contributed by atoms with van der Waals surface area (Å²) in [6.07, 6.45) is 11.7. The fourth-order valence-electron chi connectivity index (χ4n) is 5.30. The minimum absolute atomic E-state index is 0.120. The molecule has 5 rings (SSSR count). The van der Waals surface area contributed by atoms with Gasteiger partial charge in [0.1, 0.15) is 0 Å². The molecule has 4 bridgehead atoms. The molecule has 4 saturated carbocycles. The predicted molar refractivity (Wildman–Crippen MR) is 84.2 cm³/mol. The third kappa shape index (κ3) is 2.81. The number of rotatable bonds is 5. The summed E-state index contributed by atoms with van der Waals surface area (Å²) >= 11 is 0. The summed E-state index contributed by atoms with van der Waals surface area (Å²) < 4.78 is 0. The Morgan fingerprint density at radius 2 is 1.68 bits per heavy atom. The number of carbonyl (C=O) groups excluding carboxylic acids is 1. The normalized spacial score (nSPS) is 35.4. The zero-order chi connectivity index (χ0) is 15.0. The van der Waals surface area contributed by atoms with Crippen LogP contribution in [0.5, 0.6) is 0 Å². The highest BCUT2D eigenvalue weighted by Gasteiger charge is 2.51. The van der Waals surface area contributed by atoms with Gasteiger partial charge in [0.25, 0.3) is 0 Å². The van der Waals surface area contributed by atoms with Gasteiger partial charge in [-0.25, -0.2) is 9.97 Å². The molecule has 2 N–H and O–H groups in total. The zero-order valence-corrected chi connectivity index (χ0v) is 12.9. The topological polar surface area (TPSA) is 66.9 Å². The first kappa shape index (κ1) is 14.0. The molecule has 0 saturated heterocycles. The Balaban J connectivity index is 1.29. The van der Waals surface area contributed by atoms with Gasteiger partial charge in [0.15, 0.2) is 0 Å². The van der Waals surface area contributed by atoms with E-state index in [0.29, 0.717) is 18.9 Å². The third-order valence-electron chi connectivity index (χ3n) is 5.64. The lowest BCUT2D eigenvalue weighted by molar-refractivity contribution is -0.126. The maximum absolute atomic E-state index is 12.3. The van der Waals surface area contributed by atoms with Crippen molar-refractivity contribution in [1.29, 1.82) is 0 Å². The van der Waals surface area contributed by atoms with Gasteiger partial charge in [0.05, 0.1) is 0 Å². The number of aromatic nitrogens is 2. The first-order valence-corrected chi connectivity index (χ1v) is 8.53. The molecule has 4 aliphatic carbocycles. The smallest absolute Gasteiger partial charge is 0.222 e. The Kier molecular flexibility index (Phi) is 3.51. The standard InChI is InChI=1S/C17H24N4O/c22-15(2-5-20-16-18-3-1-4-19-16)21-17-9-12-6-13(10-17)8-14(7-12)11-17/h1,3-4,12-14H,2,5-11H2,(H,21,22)(H,18,19,20). The van der Waals surface area contributed by atoms with Gasteiger partial charge in [0, 0.05) is 30.9 Å². The highest BCUT2D eigenvalue weighted by atomic mass is 16.1. The van der Waals surface area contributed by atoms with Crippen molar-refractivity contribution in [2.75, 3.05) is 11.9 Å². The van der Waals surface area contributed by atoms with Gasteiger partial charge < -0.3 is 10.6 Å². The van der Waals surface area contributed by atoms with E-state index < -0.39 is 0 Å².